The summed E-state index contributed by atoms with van der Waals surface area (Å²) >= 11 is 0. The van der Waals surface area contributed by atoms with Crippen LogP contribution in [0.5, 0.6) is 5.75 Å². The van der Waals surface area contributed by atoms with Gasteiger partial charge < -0.3 is 20.0 Å². The summed E-state index contributed by atoms with van der Waals surface area (Å²) < 4.78 is 5.40. The summed E-state index contributed by atoms with van der Waals surface area (Å²) in [6.07, 6.45) is 0. The van der Waals surface area contributed by atoms with Gasteiger partial charge in [0.2, 0.25) is 0 Å². The molecule has 1 amide bonds. The lowest BCUT2D eigenvalue weighted by molar-refractivity contribution is -0.254. The molecule has 0 aliphatic rings. The van der Waals surface area contributed by atoms with Crippen LogP contribution in [0.4, 0.5) is 5.69 Å². The molecule has 1 N–H and O–H groups in total. The maximum absolute atomic E-state index is 11.8. The summed E-state index contributed by atoms with van der Waals surface area (Å²) in [6, 6.07) is 13.4. The molecule has 0 unspecified atom stereocenters. The number of para-hydroxylation sites is 2. The number of aromatic carboxylic acids is 1. The van der Waals surface area contributed by atoms with E-state index in [2.05, 4.69) is 5.32 Å². The van der Waals surface area contributed by atoms with Gasteiger partial charge in [0.25, 0.3) is 5.91 Å². The average molecular weight is 284 g/mol. The minimum atomic E-state index is -1.34. The van der Waals surface area contributed by atoms with Gasteiger partial charge in [0.05, 0.1) is 5.97 Å². The summed E-state index contributed by atoms with van der Waals surface area (Å²) in [6.45, 7) is 1.67. The fraction of sp³-hybridized carbons (Fsp3) is 0.125. The third kappa shape index (κ3) is 3.82. The van der Waals surface area contributed by atoms with E-state index in [0.717, 1.165) is 5.56 Å². The zero-order valence-corrected chi connectivity index (χ0v) is 11.5. The summed E-state index contributed by atoms with van der Waals surface area (Å²) in [4.78, 5) is 22.8. The lowest BCUT2D eigenvalue weighted by Gasteiger charge is -2.12. The van der Waals surface area contributed by atoms with E-state index >= 15 is 0 Å². The minimum absolute atomic E-state index is 0.0678. The molecule has 2 aromatic rings. The summed E-state index contributed by atoms with van der Waals surface area (Å²) in [7, 11) is 0. The van der Waals surface area contributed by atoms with Gasteiger partial charge in [0.1, 0.15) is 5.75 Å². The zero-order valence-electron chi connectivity index (χ0n) is 11.5. The number of carboxylic acids is 1. The van der Waals surface area contributed by atoms with Crippen molar-refractivity contribution in [1.82, 2.24) is 0 Å². The van der Waals surface area contributed by atoms with Crippen molar-refractivity contribution in [3.8, 4) is 5.75 Å². The standard InChI is InChI=1S/C16H15NO4/c1-11-6-2-5-9-14(11)21-10-15(18)17-13-8-4-3-7-12(13)16(19)20/h2-9H,10H2,1H3,(H,17,18)(H,19,20)/p-1. The Labute approximate surface area is 122 Å². The molecule has 0 saturated heterocycles. The number of hydrogen-bond donors (Lipinski definition) is 1. The van der Waals surface area contributed by atoms with Crippen LogP contribution in [0, 0.1) is 6.92 Å². The van der Waals surface area contributed by atoms with Crippen LogP contribution < -0.4 is 15.2 Å². The molecule has 0 aromatic heterocycles. The van der Waals surface area contributed by atoms with E-state index in [1.54, 1.807) is 18.2 Å². The van der Waals surface area contributed by atoms with Gasteiger partial charge in [-0.05, 0) is 24.6 Å². The Bertz CT molecular complexity index is 667. The molecule has 2 aromatic carbocycles. The van der Waals surface area contributed by atoms with Gasteiger partial charge in [-0.2, -0.15) is 0 Å². The zero-order chi connectivity index (χ0) is 15.2. The Morgan fingerprint density at radius 3 is 2.48 bits per heavy atom. The predicted molar refractivity (Wildman–Crippen MR) is 76.1 cm³/mol. The van der Waals surface area contributed by atoms with Crippen molar-refractivity contribution < 1.29 is 19.4 Å². The van der Waals surface area contributed by atoms with E-state index < -0.39 is 11.9 Å². The fourth-order valence-corrected chi connectivity index (χ4v) is 1.82. The van der Waals surface area contributed by atoms with E-state index in [1.165, 1.54) is 12.1 Å². The number of ether oxygens (including phenoxy) is 1. The molecule has 2 rings (SSSR count). The molecule has 0 spiro atoms. The maximum atomic E-state index is 11.8. The van der Waals surface area contributed by atoms with Gasteiger partial charge in [-0.3, -0.25) is 4.79 Å². The number of carbonyl (C=O) groups excluding carboxylic acids is 2. The molecule has 5 nitrogen and oxygen atoms in total. The van der Waals surface area contributed by atoms with Crippen LogP contribution in [0.3, 0.4) is 0 Å². The molecule has 0 radical (unpaired) electrons. The van der Waals surface area contributed by atoms with E-state index in [-0.39, 0.29) is 17.9 Å². The Hall–Kier alpha value is -2.82. The van der Waals surface area contributed by atoms with Crippen LogP contribution in [0.1, 0.15) is 15.9 Å². The topological polar surface area (TPSA) is 78.5 Å². The van der Waals surface area contributed by atoms with Gasteiger partial charge in [-0.15, -0.1) is 0 Å². The number of benzene rings is 2. The van der Waals surface area contributed by atoms with E-state index in [9.17, 15) is 14.7 Å². The second-order valence-corrected chi connectivity index (χ2v) is 4.44. The van der Waals surface area contributed by atoms with E-state index in [1.807, 2.05) is 25.1 Å². The highest BCUT2D eigenvalue weighted by Gasteiger charge is 2.08. The molecule has 0 aliphatic carbocycles. The van der Waals surface area contributed by atoms with Crippen LogP contribution in [0.15, 0.2) is 48.5 Å². The third-order valence-corrected chi connectivity index (χ3v) is 2.87. The predicted octanol–water partition coefficient (Wildman–Crippen LogP) is 1.38. The molecule has 0 aliphatic heterocycles. The number of carbonyl (C=O) groups is 2. The van der Waals surface area contributed by atoms with Crippen LogP contribution in [-0.4, -0.2) is 18.5 Å². The lowest BCUT2D eigenvalue weighted by atomic mass is 10.2. The Balaban J connectivity index is 2.00. The molecule has 0 bridgehead atoms. The van der Waals surface area contributed by atoms with Gasteiger partial charge >= 0.3 is 0 Å². The van der Waals surface area contributed by atoms with Crippen LogP contribution >= 0.6 is 0 Å². The number of hydrogen-bond acceptors (Lipinski definition) is 4. The van der Waals surface area contributed by atoms with E-state index in [0.29, 0.717) is 5.75 Å². The monoisotopic (exact) mass is 284 g/mol. The van der Waals surface area contributed by atoms with Crippen molar-refractivity contribution >= 4 is 17.6 Å². The number of aryl methyl sites for hydroxylation is 1. The Morgan fingerprint density at radius 1 is 1.10 bits per heavy atom. The summed E-state index contributed by atoms with van der Waals surface area (Å²) in [5, 5.41) is 13.4. The number of nitrogens with one attached hydrogen (secondary N) is 1. The van der Waals surface area contributed by atoms with Crippen LogP contribution in [0.25, 0.3) is 0 Å². The van der Waals surface area contributed by atoms with Gasteiger partial charge in [-0.25, -0.2) is 0 Å². The molecule has 0 heterocycles. The largest absolute Gasteiger partial charge is 0.545 e. The van der Waals surface area contributed by atoms with Gasteiger partial charge in [0, 0.05) is 11.3 Å². The highest BCUT2D eigenvalue weighted by Crippen LogP contribution is 2.17. The van der Waals surface area contributed by atoms with Crippen molar-refractivity contribution in [2.45, 2.75) is 6.92 Å². The molecule has 5 heteroatoms. The first-order valence-corrected chi connectivity index (χ1v) is 6.36. The maximum Gasteiger partial charge on any atom is 0.262 e. The first-order valence-electron chi connectivity index (χ1n) is 6.36. The fourth-order valence-electron chi connectivity index (χ4n) is 1.82. The van der Waals surface area contributed by atoms with Crippen molar-refractivity contribution in [1.29, 1.82) is 0 Å². The molecule has 108 valence electrons. The molecular weight excluding hydrogens is 270 g/mol. The molecule has 0 saturated carbocycles. The molecule has 0 fully saturated rings. The minimum Gasteiger partial charge on any atom is -0.545 e. The second kappa shape index (κ2) is 6.56. The summed E-state index contributed by atoms with van der Waals surface area (Å²) in [5.74, 6) is -1.17. The van der Waals surface area contributed by atoms with E-state index in [4.69, 9.17) is 4.74 Å². The van der Waals surface area contributed by atoms with Gasteiger partial charge in [-0.1, -0.05) is 36.4 Å². The molecular formula is C16H14NO4-. The SMILES string of the molecule is Cc1ccccc1OCC(=O)Nc1ccccc1C(=O)[O-]. The third-order valence-electron chi connectivity index (χ3n) is 2.87. The molecule has 0 atom stereocenters. The first kappa shape index (κ1) is 14.6. The van der Waals surface area contributed by atoms with Crippen molar-refractivity contribution in [2.24, 2.45) is 0 Å². The quantitative estimate of drug-likeness (QED) is 0.899. The van der Waals surface area contributed by atoms with Crippen molar-refractivity contribution in [2.75, 3.05) is 11.9 Å². The smallest absolute Gasteiger partial charge is 0.262 e. The highest BCUT2D eigenvalue weighted by molar-refractivity contribution is 6.00. The van der Waals surface area contributed by atoms with Crippen molar-refractivity contribution in [3.63, 3.8) is 0 Å². The first-order chi connectivity index (χ1) is 10.1. The normalized spacial score (nSPS) is 9.95. The number of rotatable bonds is 5. The lowest BCUT2D eigenvalue weighted by Crippen LogP contribution is -2.26. The van der Waals surface area contributed by atoms with Crippen molar-refractivity contribution in [3.05, 3.63) is 59.7 Å². The number of anilines is 1. The highest BCUT2D eigenvalue weighted by atomic mass is 16.5. The average Bonchev–Trinajstić information content (AvgIpc) is 2.47. The Morgan fingerprint density at radius 2 is 1.76 bits per heavy atom. The number of amides is 1. The Kier molecular flexibility index (Phi) is 4.56. The molecule has 21 heavy (non-hydrogen) atoms. The van der Waals surface area contributed by atoms with Gasteiger partial charge in [0.15, 0.2) is 6.61 Å². The van der Waals surface area contributed by atoms with Crippen LogP contribution in [-0.2, 0) is 4.79 Å². The number of carboxylic acid groups (broad SMARTS) is 1. The summed E-state index contributed by atoms with van der Waals surface area (Å²) in [5.41, 5.74) is 1.04. The second-order valence-electron chi connectivity index (χ2n) is 4.44. The van der Waals surface area contributed by atoms with Crippen LogP contribution in [0.2, 0.25) is 0 Å².